The highest BCUT2D eigenvalue weighted by molar-refractivity contribution is 9.10. The van der Waals surface area contributed by atoms with Crippen LogP contribution in [0.15, 0.2) is 45.5 Å². The van der Waals surface area contributed by atoms with Crippen LogP contribution in [0.5, 0.6) is 0 Å². The molecule has 0 spiro atoms. The highest BCUT2D eigenvalue weighted by Crippen LogP contribution is 2.14. The summed E-state index contributed by atoms with van der Waals surface area (Å²) in [7, 11) is 0. The van der Waals surface area contributed by atoms with Crippen molar-refractivity contribution in [1.29, 1.82) is 0 Å². The topological polar surface area (TPSA) is 83.4 Å². The molecule has 3 N–H and O–H groups in total. The number of hydrogen-bond donors (Lipinski definition) is 3. The predicted octanol–water partition coefficient (Wildman–Crippen LogP) is 2.57. The summed E-state index contributed by atoms with van der Waals surface area (Å²) in [6, 6.07) is 9.95. The number of nitrogens with one attached hydrogen (secondary N) is 3. The molecule has 0 fully saturated rings. The van der Waals surface area contributed by atoms with Crippen LogP contribution in [0.25, 0.3) is 0 Å². The van der Waals surface area contributed by atoms with Gasteiger partial charge in [0.15, 0.2) is 10.4 Å². The monoisotopic (exact) mass is 371 g/mol. The molecule has 8 heteroatoms. The molecule has 0 saturated heterocycles. The molecule has 1 heterocycles. The van der Waals surface area contributed by atoms with E-state index in [1.54, 1.807) is 30.3 Å². The molecule has 2 amide bonds. The van der Waals surface area contributed by atoms with E-state index in [0.29, 0.717) is 15.4 Å². The average molecular weight is 373 g/mol. The highest BCUT2D eigenvalue weighted by Gasteiger charge is 2.11. The number of carbonyl (C=O) groups excluding carboxylic acids is 2. The number of carbonyl (C=O) groups is 2. The van der Waals surface area contributed by atoms with E-state index < -0.39 is 11.8 Å². The summed E-state index contributed by atoms with van der Waals surface area (Å²) in [5, 5.41) is 2.98. The van der Waals surface area contributed by atoms with Crippen LogP contribution in [-0.4, -0.2) is 18.4 Å². The van der Waals surface area contributed by atoms with E-state index in [2.05, 4.69) is 32.1 Å². The molecule has 0 unspecified atom stereocenters. The van der Waals surface area contributed by atoms with Crippen LogP contribution in [0.2, 0.25) is 5.02 Å². The molecule has 2 aromatic rings. The van der Waals surface area contributed by atoms with Gasteiger partial charge in [0.05, 0.1) is 12.2 Å². The number of amides is 2. The van der Waals surface area contributed by atoms with Crippen LogP contribution >= 0.6 is 27.5 Å². The van der Waals surface area contributed by atoms with Crippen LogP contribution in [-0.2, 0) is 4.79 Å². The number of furan rings is 1. The first-order valence-electron chi connectivity index (χ1n) is 5.88. The number of halogens is 2. The summed E-state index contributed by atoms with van der Waals surface area (Å²) in [6.07, 6.45) is 0. The average Bonchev–Trinajstić information content (AvgIpc) is 2.89. The van der Waals surface area contributed by atoms with Gasteiger partial charge >= 0.3 is 0 Å². The Bertz CT molecular complexity index is 660. The Kier molecular flexibility index (Phi) is 5.24. The van der Waals surface area contributed by atoms with Crippen LogP contribution in [0.3, 0.4) is 0 Å². The molecular formula is C13H11BrClN3O3. The van der Waals surface area contributed by atoms with Crippen LogP contribution in [0, 0.1) is 0 Å². The van der Waals surface area contributed by atoms with Crippen molar-refractivity contribution in [1.82, 2.24) is 10.7 Å². The lowest BCUT2D eigenvalue weighted by atomic mass is 10.3. The van der Waals surface area contributed by atoms with E-state index in [1.807, 2.05) is 0 Å². The molecule has 0 saturated carbocycles. The maximum atomic E-state index is 11.6. The second-order valence-electron chi connectivity index (χ2n) is 3.97. The number of anilines is 1. The molecule has 110 valence electrons. The van der Waals surface area contributed by atoms with Crippen molar-refractivity contribution in [3.8, 4) is 0 Å². The van der Waals surface area contributed by atoms with Gasteiger partial charge < -0.3 is 9.73 Å². The first kappa shape index (κ1) is 15.4. The lowest BCUT2D eigenvalue weighted by Gasteiger charge is -2.09. The minimum atomic E-state index is -0.474. The third-order valence-corrected chi connectivity index (χ3v) is 3.04. The van der Waals surface area contributed by atoms with E-state index >= 15 is 0 Å². The first-order valence-corrected chi connectivity index (χ1v) is 7.05. The number of hydrogen-bond acceptors (Lipinski definition) is 4. The molecule has 0 atom stereocenters. The summed E-state index contributed by atoms with van der Waals surface area (Å²) in [5.41, 5.74) is 5.76. The maximum absolute atomic E-state index is 11.6. The quantitative estimate of drug-likeness (QED) is 0.704. The van der Waals surface area contributed by atoms with Gasteiger partial charge in [0.2, 0.25) is 0 Å². The zero-order valence-corrected chi connectivity index (χ0v) is 13.0. The van der Waals surface area contributed by atoms with Crippen molar-refractivity contribution in [2.75, 3.05) is 12.0 Å². The van der Waals surface area contributed by atoms with Gasteiger partial charge in [0.1, 0.15) is 0 Å². The Morgan fingerprint density at radius 2 is 2.05 bits per heavy atom. The summed E-state index contributed by atoms with van der Waals surface area (Å²) < 4.78 is 5.51. The number of benzene rings is 1. The van der Waals surface area contributed by atoms with Gasteiger partial charge in [-0.05, 0) is 46.3 Å². The summed E-state index contributed by atoms with van der Waals surface area (Å²) in [5.74, 6) is -0.759. The van der Waals surface area contributed by atoms with Gasteiger partial charge in [0.25, 0.3) is 11.8 Å². The maximum Gasteiger partial charge on any atom is 0.287 e. The minimum Gasteiger partial charge on any atom is -0.444 e. The Labute approximate surface area is 133 Å². The van der Waals surface area contributed by atoms with Gasteiger partial charge in [-0.25, -0.2) is 0 Å². The second kappa shape index (κ2) is 7.14. The van der Waals surface area contributed by atoms with E-state index in [0.717, 1.165) is 0 Å². The summed E-state index contributed by atoms with van der Waals surface area (Å²) in [4.78, 5) is 23.2. The van der Waals surface area contributed by atoms with Gasteiger partial charge in [-0.3, -0.25) is 20.4 Å². The fraction of sp³-hybridized carbons (Fsp3) is 0.0769. The molecule has 0 aliphatic heterocycles. The molecule has 0 aliphatic carbocycles. The summed E-state index contributed by atoms with van der Waals surface area (Å²) >= 11 is 8.90. The fourth-order valence-electron chi connectivity index (χ4n) is 1.44. The lowest BCUT2D eigenvalue weighted by molar-refractivity contribution is -0.119. The smallest absolute Gasteiger partial charge is 0.287 e. The van der Waals surface area contributed by atoms with Crippen molar-refractivity contribution >= 4 is 45.0 Å². The number of hydrazine groups is 1. The second-order valence-corrected chi connectivity index (χ2v) is 5.19. The fourth-order valence-corrected chi connectivity index (χ4v) is 1.93. The zero-order chi connectivity index (χ0) is 15.2. The summed E-state index contributed by atoms with van der Waals surface area (Å²) in [6.45, 7) is -0.190. The molecule has 0 radical (unpaired) electrons. The zero-order valence-electron chi connectivity index (χ0n) is 10.7. The third-order valence-electron chi connectivity index (χ3n) is 2.38. The van der Waals surface area contributed by atoms with E-state index in [4.69, 9.17) is 16.0 Å². The SMILES string of the molecule is O=C(CNC(=O)c1ccc(Br)o1)NNc1cccc(Cl)c1. The molecule has 1 aromatic heterocycles. The van der Waals surface area contributed by atoms with Gasteiger partial charge in [-0.2, -0.15) is 0 Å². The van der Waals surface area contributed by atoms with Crippen molar-refractivity contribution in [3.05, 3.63) is 51.9 Å². The number of rotatable bonds is 5. The standard InChI is InChI=1S/C13H11BrClN3O3/c14-11-5-4-10(21-11)13(20)16-7-12(19)18-17-9-3-1-2-8(15)6-9/h1-6,17H,7H2,(H,16,20)(H,18,19). The molecular weight excluding hydrogens is 362 g/mol. The Morgan fingerprint density at radius 3 is 2.71 bits per heavy atom. The third kappa shape index (κ3) is 4.80. The minimum absolute atomic E-state index is 0.123. The first-order chi connectivity index (χ1) is 10.0. The van der Waals surface area contributed by atoms with Gasteiger partial charge in [0, 0.05) is 5.02 Å². The highest BCUT2D eigenvalue weighted by atomic mass is 79.9. The van der Waals surface area contributed by atoms with E-state index in [-0.39, 0.29) is 12.3 Å². The van der Waals surface area contributed by atoms with Gasteiger partial charge in [-0.1, -0.05) is 17.7 Å². The molecule has 21 heavy (non-hydrogen) atoms. The van der Waals surface area contributed by atoms with Crippen molar-refractivity contribution in [3.63, 3.8) is 0 Å². The van der Waals surface area contributed by atoms with Crippen LogP contribution in [0.4, 0.5) is 5.69 Å². The van der Waals surface area contributed by atoms with E-state index in [1.165, 1.54) is 6.07 Å². The molecule has 2 rings (SSSR count). The van der Waals surface area contributed by atoms with E-state index in [9.17, 15) is 9.59 Å². The Morgan fingerprint density at radius 1 is 1.24 bits per heavy atom. The molecule has 0 bridgehead atoms. The largest absolute Gasteiger partial charge is 0.444 e. The molecule has 0 aliphatic rings. The van der Waals surface area contributed by atoms with Gasteiger partial charge in [-0.15, -0.1) is 0 Å². The molecule has 1 aromatic carbocycles. The predicted molar refractivity (Wildman–Crippen MR) is 82.0 cm³/mol. The van der Waals surface area contributed by atoms with Crippen molar-refractivity contribution in [2.45, 2.75) is 0 Å². The normalized spacial score (nSPS) is 10.0. The van der Waals surface area contributed by atoms with Crippen molar-refractivity contribution < 1.29 is 14.0 Å². The van der Waals surface area contributed by atoms with Crippen LogP contribution < -0.4 is 16.2 Å². The lowest BCUT2D eigenvalue weighted by Crippen LogP contribution is -2.39. The van der Waals surface area contributed by atoms with Crippen LogP contribution in [0.1, 0.15) is 10.6 Å². The Hall–Kier alpha value is -1.99. The molecule has 6 nitrogen and oxygen atoms in total. The Balaban J connectivity index is 1.76. The van der Waals surface area contributed by atoms with Crippen molar-refractivity contribution in [2.24, 2.45) is 0 Å².